The van der Waals surface area contributed by atoms with Crippen LogP contribution in [0.15, 0.2) is 48.5 Å². The summed E-state index contributed by atoms with van der Waals surface area (Å²) in [5.41, 5.74) is 1.92. The second kappa shape index (κ2) is 6.30. The van der Waals surface area contributed by atoms with E-state index >= 15 is 0 Å². The van der Waals surface area contributed by atoms with Crippen molar-refractivity contribution in [2.24, 2.45) is 5.41 Å². The Morgan fingerprint density at radius 1 is 1.04 bits per heavy atom. The lowest BCUT2D eigenvalue weighted by atomic mass is 9.76. The summed E-state index contributed by atoms with van der Waals surface area (Å²) in [5.74, 6) is -0.486. The molecular weight excluding hydrogens is 348 g/mol. The first-order valence-corrected chi connectivity index (χ1v) is 8.77. The predicted molar refractivity (Wildman–Crippen MR) is 99.6 cm³/mol. The zero-order valence-corrected chi connectivity index (χ0v) is 15.1. The van der Waals surface area contributed by atoms with E-state index < -0.39 is 5.82 Å². The van der Waals surface area contributed by atoms with Crippen LogP contribution >= 0.6 is 0 Å². The van der Waals surface area contributed by atoms with E-state index in [1.165, 1.54) is 18.2 Å². The number of benzene rings is 2. The number of fused-ring (bicyclic) bond motifs is 1. The van der Waals surface area contributed by atoms with Gasteiger partial charge in [0.2, 0.25) is 0 Å². The van der Waals surface area contributed by atoms with Crippen LogP contribution < -0.4 is 5.32 Å². The first-order valence-electron chi connectivity index (χ1n) is 8.77. The minimum atomic E-state index is -0.425. The number of para-hydroxylation sites is 1. The summed E-state index contributed by atoms with van der Waals surface area (Å²) < 4.78 is 29.1. The fraction of sp³-hybridized carbons (Fsp3) is 0.238. The SMILES string of the molecule is CC1(C)CC(=O)c2c(Nc3ccccc3F)nn(-c3ccc(F)cc3)c2C1. The Bertz CT molecular complexity index is 1020. The van der Waals surface area contributed by atoms with Gasteiger partial charge >= 0.3 is 0 Å². The van der Waals surface area contributed by atoms with Gasteiger partial charge in [-0.05, 0) is 48.2 Å². The maximum atomic E-state index is 14.1. The standard InChI is InChI=1S/C21H19F2N3O/c1-21(2)11-17-19(18(27)12-21)20(24-16-6-4-3-5-15(16)23)25-26(17)14-9-7-13(22)8-10-14/h3-10H,11-12H2,1-2H3,(H,24,25). The second-order valence-electron chi connectivity index (χ2n) is 7.60. The fourth-order valence-corrected chi connectivity index (χ4v) is 3.52. The number of hydrogen-bond acceptors (Lipinski definition) is 3. The molecule has 0 saturated heterocycles. The number of halogens is 2. The lowest BCUT2D eigenvalue weighted by molar-refractivity contribution is 0.0912. The van der Waals surface area contributed by atoms with Crippen LogP contribution in [0.25, 0.3) is 5.69 Å². The van der Waals surface area contributed by atoms with Gasteiger partial charge in [0.25, 0.3) is 0 Å². The van der Waals surface area contributed by atoms with E-state index in [1.54, 1.807) is 35.0 Å². The summed E-state index contributed by atoms with van der Waals surface area (Å²) in [5, 5.41) is 7.50. The number of nitrogens with zero attached hydrogens (tertiary/aromatic N) is 2. The number of anilines is 2. The van der Waals surface area contributed by atoms with Crippen molar-refractivity contribution >= 4 is 17.3 Å². The zero-order chi connectivity index (χ0) is 19.2. The van der Waals surface area contributed by atoms with Gasteiger partial charge in [-0.15, -0.1) is 5.10 Å². The van der Waals surface area contributed by atoms with Crippen LogP contribution in [-0.4, -0.2) is 15.6 Å². The molecule has 1 aromatic heterocycles. The van der Waals surface area contributed by atoms with Crippen LogP contribution in [0.2, 0.25) is 0 Å². The highest BCUT2D eigenvalue weighted by molar-refractivity contribution is 6.03. The molecule has 138 valence electrons. The largest absolute Gasteiger partial charge is 0.336 e. The van der Waals surface area contributed by atoms with E-state index in [1.807, 2.05) is 13.8 Å². The summed E-state index contributed by atoms with van der Waals surface area (Å²) >= 11 is 0. The molecule has 1 aliphatic carbocycles. The highest BCUT2D eigenvalue weighted by atomic mass is 19.1. The number of aromatic nitrogens is 2. The van der Waals surface area contributed by atoms with Gasteiger partial charge in [-0.25, -0.2) is 13.5 Å². The molecule has 0 fully saturated rings. The molecule has 0 unspecified atom stereocenters. The minimum Gasteiger partial charge on any atom is -0.336 e. The van der Waals surface area contributed by atoms with Crippen LogP contribution in [0.3, 0.4) is 0 Å². The topological polar surface area (TPSA) is 46.9 Å². The first kappa shape index (κ1) is 17.4. The van der Waals surface area contributed by atoms with Gasteiger partial charge in [-0.2, -0.15) is 0 Å². The third-order valence-electron chi connectivity index (χ3n) is 4.74. The Hall–Kier alpha value is -3.02. The Morgan fingerprint density at radius 2 is 1.74 bits per heavy atom. The Morgan fingerprint density at radius 3 is 2.44 bits per heavy atom. The molecule has 27 heavy (non-hydrogen) atoms. The third kappa shape index (κ3) is 3.23. The van der Waals surface area contributed by atoms with E-state index in [9.17, 15) is 13.6 Å². The zero-order valence-electron chi connectivity index (χ0n) is 15.1. The molecule has 0 spiro atoms. The van der Waals surface area contributed by atoms with Crippen molar-refractivity contribution in [3.8, 4) is 5.69 Å². The number of ketones is 1. The van der Waals surface area contributed by atoms with Crippen LogP contribution in [0.5, 0.6) is 0 Å². The number of carbonyl (C=O) groups excluding carboxylic acids is 1. The van der Waals surface area contributed by atoms with Crippen molar-refractivity contribution in [3.05, 3.63) is 71.4 Å². The van der Waals surface area contributed by atoms with Gasteiger partial charge in [0.1, 0.15) is 11.6 Å². The lowest BCUT2D eigenvalue weighted by Crippen LogP contribution is -2.28. The van der Waals surface area contributed by atoms with Crippen LogP contribution in [0.1, 0.15) is 36.3 Å². The van der Waals surface area contributed by atoms with Gasteiger partial charge in [0.15, 0.2) is 11.6 Å². The molecule has 4 rings (SSSR count). The average Bonchev–Trinajstić information content (AvgIpc) is 2.95. The summed E-state index contributed by atoms with van der Waals surface area (Å²) in [7, 11) is 0. The van der Waals surface area contributed by atoms with Gasteiger partial charge in [-0.3, -0.25) is 4.79 Å². The highest BCUT2D eigenvalue weighted by Gasteiger charge is 2.37. The van der Waals surface area contributed by atoms with Crippen molar-refractivity contribution < 1.29 is 13.6 Å². The third-order valence-corrected chi connectivity index (χ3v) is 4.74. The predicted octanol–water partition coefficient (Wildman–Crippen LogP) is 5.05. The molecule has 0 radical (unpaired) electrons. The number of rotatable bonds is 3. The Labute approximate surface area is 155 Å². The number of carbonyl (C=O) groups is 1. The molecule has 1 heterocycles. The molecule has 0 aliphatic heterocycles. The number of hydrogen-bond donors (Lipinski definition) is 1. The molecule has 3 aromatic rings. The van der Waals surface area contributed by atoms with Crippen molar-refractivity contribution in [1.29, 1.82) is 0 Å². The van der Waals surface area contributed by atoms with Crippen LogP contribution in [0.4, 0.5) is 20.3 Å². The quantitative estimate of drug-likeness (QED) is 0.705. The smallest absolute Gasteiger partial charge is 0.169 e. The molecule has 0 bridgehead atoms. The molecule has 1 N–H and O–H groups in total. The fourth-order valence-electron chi connectivity index (χ4n) is 3.52. The van der Waals surface area contributed by atoms with E-state index in [-0.39, 0.29) is 22.7 Å². The van der Waals surface area contributed by atoms with E-state index in [4.69, 9.17) is 0 Å². The lowest BCUT2D eigenvalue weighted by Gasteiger charge is -2.29. The molecular formula is C21H19F2N3O. The van der Waals surface area contributed by atoms with Gasteiger partial charge in [-0.1, -0.05) is 26.0 Å². The molecule has 0 amide bonds. The Balaban J connectivity index is 1.86. The van der Waals surface area contributed by atoms with Gasteiger partial charge in [0, 0.05) is 6.42 Å². The van der Waals surface area contributed by atoms with Gasteiger partial charge < -0.3 is 5.32 Å². The van der Waals surface area contributed by atoms with Gasteiger partial charge in [0.05, 0.1) is 22.6 Å². The monoisotopic (exact) mass is 367 g/mol. The summed E-state index contributed by atoms with van der Waals surface area (Å²) in [4.78, 5) is 12.8. The summed E-state index contributed by atoms with van der Waals surface area (Å²) in [6.45, 7) is 4.06. The summed E-state index contributed by atoms with van der Waals surface area (Å²) in [6.07, 6.45) is 1.03. The molecule has 4 nitrogen and oxygen atoms in total. The Kier molecular flexibility index (Phi) is 4.06. The second-order valence-corrected chi connectivity index (χ2v) is 7.60. The van der Waals surface area contributed by atoms with E-state index in [2.05, 4.69) is 10.4 Å². The van der Waals surface area contributed by atoms with Crippen molar-refractivity contribution in [2.45, 2.75) is 26.7 Å². The molecule has 6 heteroatoms. The molecule has 0 saturated carbocycles. The van der Waals surface area contributed by atoms with E-state index in [0.717, 1.165) is 5.69 Å². The first-order chi connectivity index (χ1) is 12.8. The molecule has 1 aliphatic rings. The summed E-state index contributed by atoms with van der Waals surface area (Å²) in [6, 6.07) is 12.2. The molecule has 2 aromatic carbocycles. The maximum absolute atomic E-state index is 14.1. The van der Waals surface area contributed by atoms with Crippen molar-refractivity contribution in [3.63, 3.8) is 0 Å². The van der Waals surface area contributed by atoms with Crippen molar-refractivity contribution in [1.82, 2.24) is 9.78 Å². The van der Waals surface area contributed by atoms with Crippen LogP contribution in [-0.2, 0) is 6.42 Å². The normalized spacial score (nSPS) is 15.5. The number of Topliss-reactive ketones (excluding diaryl/α,β-unsaturated/α-hetero) is 1. The van der Waals surface area contributed by atoms with Crippen molar-refractivity contribution in [2.75, 3.05) is 5.32 Å². The molecule has 0 atom stereocenters. The van der Waals surface area contributed by atoms with E-state index in [0.29, 0.717) is 29.9 Å². The average molecular weight is 367 g/mol. The van der Waals surface area contributed by atoms with Crippen LogP contribution in [0, 0.1) is 17.0 Å². The highest BCUT2D eigenvalue weighted by Crippen LogP contribution is 2.39. The number of nitrogens with one attached hydrogen (secondary N) is 1. The maximum Gasteiger partial charge on any atom is 0.169 e. The minimum absolute atomic E-state index is 0.0338.